The van der Waals surface area contributed by atoms with E-state index in [-0.39, 0.29) is 37.8 Å². The minimum atomic E-state index is -0.951. The summed E-state index contributed by atoms with van der Waals surface area (Å²) in [5.41, 5.74) is 11.0. The van der Waals surface area contributed by atoms with E-state index in [1.54, 1.807) is 31.3 Å². The first-order valence-electron chi connectivity index (χ1n) is 12.2. The third-order valence-electron chi connectivity index (χ3n) is 5.65. The first kappa shape index (κ1) is 32.4. The van der Waals surface area contributed by atoms with Gasteiger partial charge in [0.05, 0.1) is 13.7 Å². The van der Waals surface area contributed by atoms with E-state index < -0.39 is 35.9 Å². The molecule has 3 atom stereocenters. The normalized spacial score (nSPS) is 20.9. The number of hydrazine groups is 1. The Hall–Kier alpha value is -3.67. The smallest absolute Gasteiger partial charge is 0.328 e. The van der Waals surface area contributed by atoms with Crippen molar-refractivity contribution in [3.63, 3.8) is 0 Å². The van der Waals surface area contributed by atoms with Crippen molar-refractivity contribution in [1.82, 2.24) is 21.4 Å². The van der Waals surface area contributed by atoms with Gasteiger partial charge in [0.1, 0.15) is 30.5 Å². The lowest BCUT2D eigenvalue weighted by atomic mass is 10.0. The molecule has 12 nitrogen and oxygen atoms in total. The molecule has 0 saturated carbocycles. The Morgan fingerprint density at radius 3 is 2.47 bits per heavy atom. The molecule has 0 unspecified atom stereocenters. The van der Waals surface area contributed by atoms with Crippen LogP contribution >= 0.6 is 0 Å². The average Bonchev–Trinajstić information content (AvgIpc) is 2.86. The van der Waals surface area contributed by atoms with Crippen LogP contribution < -0.4 is 38.5 Å². The highest BCUT2D eigenvalue weighted by Gasteiger charge is 2.29. The monoisotopic (exact) mass is 552 g/mol. The molecule has 13 heteroatoms. The van der Waals surface area contributed by atoms with Crippen molar-refractivity contribution in [3.8, 4) is 5.75 Å². The molecular weight excluding hydrogens is 516 g/mol. The molecule has 0 fully saturated rings. The maximum absolute atomic E-state index is 13.2. The van der Waals surface area contributed by atoms with Crippen LogP contribution in [0.1, 0.15) is 38.2 Å². The van der Waals surface area contributed by atoms with Crippen LogP contribution in [0.5, 0.6) is 5.75 Å². The molecule has 0 spiro atoms. The van der Waals surface area contributed by atoms with Crippen LogP contribution in [0.25, 0.3) is 0 Å². The van der Waals surface area contributed by atoms with E-state index in [4.69, 9.17) is 15.0 Å². The van der Waals surface area contributed by atoms with Crippen LogP contribution in [0.15, 0.2) is 36.4 Å². The number of carbonyl (C=O) groups excluding carboxylic acids is 4. The number of carbonyl (C=O) groups is 4. The summed E-state index contributed by atoms with van der Waals surface area (Å²) < 4.78 is 10.5. The molecular formula is C25H37ClN6O6. The number of nitrogens with zero attached hydrogens (tertiary/aromatic N) is 1. The minimum absolute atomic E-state index is 0. The molecule has 3 rings (SSSR count). The predicted octanol–water partition coefficient (Wildman–Crippen LogP) is -2.43. The van der Waals surface area contributed by atoms with Gasteiger partial charge in [-0.25, -0.2) is 4.79 Å². The summed E-state index contributed by atoms with van der Waals surface area (Å²) >= 11 is 0. The number of halogens is 1. The van der Waals surface area contributed by atoms with Crippen molar-refractivity contribution in [2.24, 2.45) is 0 Å². The number of methoxy groups -OCH3 is 1. The lowest BCUT2D eigenvalue weighted by Crippen LogP contribution is -3.00. The van der Waals surface area contributed by atoms with E-state index in [1.165, 1.54) is 14.0 Å². The Morgan fingerprint density at radius 1 is 1.13 bits per heavy atom. The van der Waals surface area contributed by atoms with Crippen molar-refractivity contribution in [1.29, 1.82) is 5.53 Å². The second kappa shape index (κ2) is 17.0. The minimum Gasteiger partial charge on any atom is -1.00 e. The fraction of sp³-hybridized carbons (Fsp3) is 0.520. The van der Waals surface area contributed by atoms with Gasteiger partial charge in [-0.3, -0.25) is 14.4 Å². The highest BCUT2D eigenvalue weighted by molar-refractivity contribution is 5.93. The highest BCUT2D eigenvalue weighted by atomic mass is 35.5. The number of nitrogens with one attached hydrogen (secondary N) is 5. The standard InChI is InChI=1S/C25H36N6O6.ClH/c1-17(32)28-22-16-18-10-12-19(13-11-18)37-15-7-5-9-21(25(35)36-3)30-23(33)20(29-24(22)34)8-4-6-14-27-31(2)26;/h5,7,10-13,20-22H,4,6,8-9,14-16H2,1-3H3,(H4-,26,27,28,29,30,32,33,34);1H/b7-5-;/t20-,21-,22-;/m0./s1. The number of fused-ring (bicyclic) bond motifs is 13. The van der Waals surface area contributed by atoms with E-state index in [0.717, 1.165) is 10.4 Å². The fourth-order valence-corrected chi connectivity index (χ4v) is 3.75. The number of benzene rings is 1. The fourth-order valence-electron chi connectivity index (χ4n) is 3.75. The molecule has 2 aliphatic rings. The van der Waals surface area contributed by atoms with Crippen LogP contribution in [0, 0.1) is 5.53 Å². The number of hydrogen-bond donors (Lipinski definition) is 5. The summed E-state index contributed by atoms with van der Waals surface area (Å²) in [5.74, 6) is -1.42. The van der Waals surface area contributed by atoms with Crippen LogP contribution in [-0.2, 0) is 30.3 Å². The predicted molar refractivity (Wildman–Crippen MR) is 134 cm³/mol. The maximum Gasteiger partial charge on any atom is 0.328 e. The number of esters is 1. The second-order valence-electron chi connectivity index (χ2n) is 8.73. The summed E-state index contributed by atoms with van der Waals surface area (Å²) in [6, 6.07) is 4.36. The van der Waals surface area contributed by atoms with Gasteiger partial charge < -0.3 is 37.8 Å². The van der Waals surface area contributed by atoms with Gasteiger partial charge in [-0.1, -0.05) is 24.3 Å². The third kappa shape index (κ3) is 11.6. The third-order valence-corrected chi connectivity index (χ3v) is 5.65. The molecule has 3 amide bonds. The summed E-state index contributed by atoms with van der Waals surface area (Å²) in [5, 5.41) is 8.09. The number of ether oxygens (including phenoxy) is 2. The molecule has 1 aromatic carbocycles. The topological polar surface area (TPSA) is 162 Å². The van der Waals surface area contributed by atoms with Gasteiger partial charge in [0.15, 0.2) is 7.05 Å². The largest absolute Gasteiger partial charge is 1.00 e. The lowest BCUT2D eigenvalue weighted by Gasteiger charge is -2.24. The molecule has 0 aliphatic carbocycles. The van der Waals surface area contributed by atoms with Gasteiger partial charge in [0.2, 0.25) is 17.7 Å². The van der Waals surface area contributed by atoms with Gasteiger partial charge in [-0.15, -0.1) is 0 Å². The molecule has 1 aromatic rings. The number of rotatable bonds is 8. The highest BCUT2D eigenvalue weighted by Crippen LogP contribution is 2.14. The van der Waals surface area contributed by atoms with E-state index in [9.17, 15) is 19.2 Å². The number of amides is 3. The zero-order valence-corrected chi connectivity index (χ0v) is 22.7. The molecule has 0 radical (unpaired) electrons. The van der Waals surface area contributed by atoms with Crippen molar-refractivity contribution < 1.29 is 45.9 Å². The van der Waals surface area contributed by atoms with E-state index in [2.05, 4.69) is 21.4 Å². The van der Waals surface area contributed by atoms with Gasteiger partial charge >= 0.3 is 5.97 Å². The van der Waals surface area contributed by atoms with Gasteiger partial charge in [0.25, 0.3) is 0 Å². The quantitative estimate of drug-likeness (QED) is 0.0598. The van der Waals surface area contributed by atoms with Crippen molar-refractivity contribution >= 4 is 23.7 Å². The summed E-state index contributed by atoms with van der Waals surface area (Å²) in [7, 11) is 2.79. The Kier molecular flexibility index (Phi) is 14.4. The van der Waals surface area contributed by atoms with Crippen LogP contribution in [-0.4, -0.2) is 73.9 Å². The first-order valence-corrected chi connectivity index (χ1v) is 12.2. The zero-order chi connectivity index (χ0) is 27.2. The van der Waals surface area contributed by atoms with Gasteiger partial charge in [-0.05, 0) is 53.7 Å². The summed E-state index contributed by atoms with van der Waals surface area (Å²) in [6.07, 6.45) is 5.35. The zero-order valence-electron chi connectivity index (χ0n) is 21.9. The van der Waals surface area contributed by atoms with Crippen molar-refractivity contribution in [2.75, 3.05) is 27.3 Å². The Bertz CT molecular complexity index is 987. The number of unbranched alkanes of at least 4 members (excludes halogenated alkanes) is 1. The van der Waals surface area contributed by atoms with Gasteiger partial charge in [0, 0.05) is 13.3 Å². The summed E-state index contributed by atoms with van der Waals surface area (Å²) in [6.45, 7) is 2.10. The molecule has 2 bridgehead atoms. The number of hydrogen-bond acceptors (Lipinski definition) is 7. The Balaban J connectivity index is 0.00000722. The first-order chi connectivity index (χ1) is 17.7. The summed E-state index contributed by atoms with van der Waals surface area (Å²) in [4.78, 5) is 51.7. The molecule has 38 heavy (non-hydrogen) atoms. The molecule has 0 saturated heterocycles. The molecule has 2 aliphatic heterocycles. The molecule has 210 valence electrons. The van der Waals surface area contributed by atoms with Crippen molar-refractivity contribution in [3.05, 3.63) is 42.0 Å². The second-order valence-corrected chi connectivity index (χ2v) is 8.73. The molecule has 2 heterocycles. The molecule has 5 N–H and O–H groups in total. The molecule has 0 aromatic heterocycles. The van der Waals surface area contributed by atoms with Crippen molar-refractivity contribution in [2.45, 2.75) is 57.2 Å². The van der Waals surface area contributed by atoms with Crippen LogP contribution in [0.4, 0.5) is 0 Å². The van der Waals surface area contributed by atoms with E-state index in [0.29, 0.717) is 31.6 Å². The van der Waals surface area contributed by atoms with E-state index in [1.807, 2.05) is 12.1 Å². The maximum atomic E-state index is 13.2. The van der Waals surface area contributed by atoms with Crippen LogP contribution in [0.3, 0.4) is 0 Å². The van der Waals surface area contributed by atoms with Gasteiger partial charge in [-0.2, -0.15) is 5.43 Å². The van der Waals surface area contributed by atoms with Crippen LogP contribution in [0.2, 0.25) is 0 Å². The Labute approximate surface area is 228 Å². The lowest BCUT2D eigenvalue weighted by molar-refractivity contribution is -0.644. The Morgan fingerprint density at radius 2 is 1.84 bits per heavy atom. The van der Waals surface area contributed by atoms with E-state index >= 15 is 0 Å². The average molecular weight is 553 g/mol. The SMILES string of the molecule is COC(=O)[C@@H]1C/C=C\COc2ccc(cc2)C[C@H](NC(C)=O)C(=O)N[C@@H](CCCCN[N+](C)=N)C(=O)N1.[Cl-].